The van der Waals surface area contributed by atoms with Crippen molar-refractivity contribution in [3.05, 3.63) is 62.0 Å². The number of benzene rings is 2. The monoisotopic (exact) mass is 372 g/mol. The van der Waals surface area contributed by atoms with Crippen molar-refractivity contribution in [1.29, 1.82) is 5.41 Å². The van der Waals surface area contributed by atoms with E-state index in [-0.39, 0.29) is 5.84 Å². The summed E-state index contributed by atoms with van der Waals surface area (Å²) < 4.78 is 6.46. The Morgan fingerprint density at radius 2 is 1.95 bits per heavy atom. The SMILES string of the molecule is N=C(N)c1ccc(COc2ccc(Cl)cc2Br)c(Cl)c1. The third-order valence-corrected chi connectivity index (χ3v) is 3.85. The summed E-state index contributed by atoms with van der Waals surface area (Å²) in [5, 5.41) is 8.51. The number of hydrogen-bond donors (Lipinski definition) is 2. The molecule has 0 fully saturated rings. The molecule has 0 aliphatic rings. The summed E-state index contributed by atoms with van der Waals surface area (Å²) in [5.74, 6) is 0.668. The Bertz CT molecular complexity index is 662. The van der Waals surface area contributed by atoms with Crippen molar-refractivity contribution in [3.63, 3.8) is 0 Å². The van der Waals surface area contributed by atoms with Crippen LogP contribution in [0.4, 0.5) is 0 Å². The zero-order valence-corrected chi connectivity index (χ0v) is 13.4. The van der Waals surface area contributed by atoms with Crippen LogP contribution in [0.3, 0.4) is 0 Å². The summed E-state index contributed by atoms with van der Waals surface area (Å²) in [6.45, 7) is 0.317. The molecule has 0 atom stereocenters. The van der Waals surface area contributed by atoms with E-state index in [0.29, 0.717) is 28.0 Å². The molecule has 6 heteroatoms. The summed E-state index contributed by atoms with van der Waals surface area (Å²) in [7, 11) is 0. The van der Waals surface area contributed by atoms with Gasteiger partial charge in [-0.05, 0) is 40.2 Å². The normalized spacial score (nSPS) is 10.3. The molecule has 0 saturated heterocycles. The maximum atomic E-state index is 7.36. The molecular weight excluding hydrogens is 363 g/mol. The van der Waals surface area contributed by atoms with Gasteiger partial charge >= 0.3 is 0 Å². The van der Waals surface area contributed by atoms with Gasteiger partial charge in [0.2, 0.25) is 0 Å². The molecule has 3 N–H and O–H groups in total. The molecule has 104 valence electrons. The molecule has 20 heavy (non-hydrogen) atoms. The fourth-order valence-electron chi connectivity index (χ4n) is 1.58. The standard InChI is InChI=1S/C14H11BrCl2N2O/c15-11-6-10(16)3-4-13(11)20-7-9-2-1-8(14(18)19)5-12(9)17/h1-6H,7H2,(H3,18,19). The van der Waals surface area contributed by atoms with Gasteiger partial charge < -0.3 is 10.5 Å². The average Bonchev–Trinajstić information content (AvgIpc) is 2.38. The highest BCUT2D eigenvalue weighted by molar-refractivity contribution is 9.10. The minimum absolute atomic E-state index is 0.0141. The molecule has 2 aromatic carbocycles. The quantitative estimate of drug-likeness (QED) is 0.606. The van der Waals surface area contributed by atoms with E-state index in [2.05, 4.69) is 15.9 Å². The number of nitrogen functional groups attached to an aromatic ring is 1. The fourth-order valence-corrected chi connectivity index (χ4v) is 2.61. The molecule has 0 saturated carbocycles. The van der Waals surface area contributed by atoms with Crippen LogP contribution < -0.4 is 10.5 Å². The first-order chi connectivity index (χ1) is 9.47. The molecular formula is C14H11BrCl2N2O. The molecule has 3 nitrogen and oxygen atoms in total. The lowest BCUT2D eigenvalue weighted by Gasteiger charge is -2.10. The molecule has 0 unspecified atom stereocenters. The number of nitrogens with two attached hydrogens (primary N) is 1. The van der Waals surface area contributed by atoms with Gasteiger partial charge in [0.25, 0.3) is 0 Å². The van der Waals surface area contributed by atoms with Crippen LogP contribution in [0.15, 0.2) is 40.9 Å². The highest BCUT2D eigenvalue weighted by Crippen LogP contribution is 2.29. The lowest BCUT2D eigenvalue weighted by atomic mass is 10.1. The summed E-state index contributed by atoms with van der Waals surface area (Å²) >= 11 is 15.4. The van der Waals surface area contributed by atoms with Crippen LogP contribution in [0.2, 0.25) is 10.0 Å². The van der Waals surface area contributed by atoms with E-state index >= 15 is 0 Å². The second kappa shape index (κ2) is 6.48. The molecule has 0 radical (unpaired) electrons. The summed E-state index contributed by atoms with van der Waals surface area (Å²) in [6.07, 6.45) is 0. The molecule has 0 aromatic heterocycles. The maximum Gasteiger partial charge on any atom is 0.134 e. The van der Waals surface area contributed by atoms with Crippen LogP contribution in [0, 0.1) is 5.41 Å². The van der Waals surface area contributed by atoms with Crippen LogP contribution in [-0.2, 0) is 6.61 Å². The Hall–Kier alpha value is -1.23. The van der Waals surface area contributed by atoms with E-state index in [4.69, 9.17) is 39.1 Å². The Morgan fingerprint density at radius 3 is 2.55 bits per heavy atom. The van der Waals surface area contributed by atoms with Crippen LogP contribution in [0.1, 0.15) is 11.1 Å². The van der Waals surface area contributed by atoms with E-state index in [0.717, 1.165) is 10.0 Å². The second-order valence-electron chi connectivity index (χ2n) is 4.08. The van der Waals surface area contributed by atoms with E-state index in [1.807, 2.05) is 0 Å². The number of rotatable bonds is 4. The predicted octanol–water partition coefficient (Wildman–Crippen LogP) is 4.62. The number of nitrogens with one attached hydrogen (secondary N) is 1. The largest absolute Gasteiger partial charge is 0.488 e. The number of ether oxygens (including phenoxy) is 1. The topological polar surface area (TPSA) is 59.1 Å². The minimum atomic E-state index is -0.0141. The Kier molecular flexibility index (Phi) is 4.91. The number of hydrogen-bond acceptors (Lipinski definition) is 2. The third-order valence-electron chi connectivity index (χ3n) is 2.64. The van der Waals surface area contributed by atoms with Gasteiger partial charge in [-0.2, -0.15) is 0 Å². The smallest absolute Gasteiger partial charge is 0.134 e. The van der Waals surface area contributed by atoms with Crippen molar-refractivity contribution >= 4 is 45.0 Å². The number of halogens is 3. The first-order valence-corrected chi connectivity index (χ1v) is 7.23. The van der Waals surface area contributed by atoms with Crippen molar-refractivity contribution < 1.29 is 4.74 Å². The van der Waals surface area contributed by atoms with Crippen molar-refractivity contribution in [1.82, 2.24) is 0 Å². The molecule has 0 heterocycles. The van der Waals surface area contributed by atoms with E-state index in [1.165, 1.54) is 0 Å². The molecule has 0 aliphatic heterocycles. The molecule has 0 bridgehead atoms. The zero-order valence-electron chi connectivity index (χ0n) is 10.3. The highest BCUT2D eigenvalue weighted by Gasteiger charge is 2.07. The minimum Gasteiger partial charge on any atom is -0.488 e. The first-order valence-electron chi connectivity index (χ1n) is 5.68. The summed E-state index contributed by atoms with van der Waals surface area (Å²) in [5.41, 5.74) is 6.81. The van der Waals surface area contributed by atoms with Gasteiger partial charge in [-0.15, -0.1) is 0 Å². The predicted molar refractivity (Wildman–Crippen MR) is 86.0 cm³/mol. The first kappa shape index (κ1) is 15.2. The van der Waals surface area contributed by atoms with Gasteiger partial charge in [0.15, 0.2) is 0 Å². The summed E-state index contributed by atoms with van der Waals surface area (Å²) in [6, 6.07) is 10.5. The Labute approximate surface area is 135 Å². The van der Waals surface area contributed by atoms with Crippen LogP contribution >= 0.6 is 39.1 Å². The van der Waals surface area contributed by atoms with Gasteiger partial charge in [0.1, 0.15) is 18.2 Å². The molecule has 2 aromatic rings. The molecule has 0 amide bonds. The molecule has 0 aliphatic carbocycles. The van der Waals surface area contributed by atoms with E-state index in [9.17, 15) is 0 Å². The van der Waals surface area contributed by atoms with Gasteiger partial charge in [-0.3, -0.25) is 5.41 Å². The number of amidine groups is 1. The zero-order chi connectivity index (χ0) is 14.7. The van der Waals surface area contributed by atoms with E-state index in [1.54, 1.807) is 36.4 Å². The van der Waals surface area contributed by atoms with Crippen LogP contribution in [0.25, 0.3) is 0 Å². The van der Waals surface area contributed by atoms with Gasteiger partial charge in [0, 0.05) is 21.2 Å². The highest BCUT2D eigenvalue weighted by atomic mass is 79.9. The third kappa shape index (κ3) is 3.66. The van der Waals surface area contributed by atoms with E-state index < -0.39 is 0 Å². The van der Waals surface area contributed by atoms with Crippen molar-refractivity contribution in [3.8, 4) is 5.75 Å². The van der Waals surface area contributed by atoms with Gasteiger partial charge in [-0.1, -0.05) is 35.3 Å². The molecule has 2 rings (SSSR count). The van der Waals surface area contributed by atoms with Crippen molar-refractivity contribution in [2.24, 2.45) is 5.73 Å². The lowest BCUT2D eigenvalue weighted by molar-refractivity contribution is 0.304. The lowest BCUT2D eigenvalue weighted by Crippen LogP contribution is -2.11. The van der Waals surface area contributed by atoms with Crippen LogP contribution in [0.5, 0.6) is 5.75 Å². The second-order valence-corrected chi connectivity index (χ2v) is 5.78. The van der Waals surface area contributed by atoms with Crippen LogP contribution in [-0.4, -0.2) is 5.84 Å². The Balaban J connectivity index is 2.13. The average molecular weight is 374 g/mol. The van der Waals surface area contributed by atoms with Gasteiger partial charge in [-0.25, -0.2) is 0 Å². The van der Waals surface area contributed by atoms with Crippen molar-refractivity contribution in [2.45, 2.75) is 6.61 Å². The maximum absolute atomic E-state index is 7.36. The summed E-state index contributed by atoms with van der Waals surface area (Å²) in [4.78, 5) is 0. The molecule has 0 spiro atoms. The van der Waals surface area contributed by atoms with Gasteiger partial charge in [0.05, 0.1) is 4.47 Å². The van der Waals surface area contributed by atoms with Crippen molar-refractivity contribution in [2.75, 3.05) is 0 Å². The fraction of sp³-hybridized carbons (Fsp3) is 0.0714. The Morgan fingerprint density at radius 1 is 1.20 bits per heavy atom.